The van der Waals surface area contributed by atoms with E-state index in [0.29, 0.717) is 12.6 Å². The summed E-state index contributed by atoms with van der Waals surface area (Å²) in [5.74, 6) is 2.84. The van der Waals surface area contributed by atoms with Gasteiger partial charge in [0, 0.05) is 36.9 Å². The Labute approximate surface area is 187 Å². The van der Waals surface area contributed by atoms with Crippen molar-refractivity contribution in [2.24, 2.45) is 4.99 Å². The fraction of sp³-hybridized carbons (Fsp3) is 0.520. The summed E-state index contributed by atoms with van der Waals surface area (Å²) in [6.45, 7) is 13.7. The van der Waals surface area contributed by atoms with Gasteiger partial charge in [0.1, 0.15) is 17.2 Å². The highest BCUT2D eigenvalue weighted by molar-refractivity contribution is 5.80. The Hall–Kier alpha value is -2.76. The van der Waals surface area contributed by atoms with Gasteiger partial charge in [-0.05, 0) is 65.7 Å². The van der Waals surface area contributed by atoms with E-state index in [2.05, 4.69) is 66.4 Å². The largest absolute Gasteiger partial charge is 0.488 e. The molecule has 2 aromatic rings. The number of anilines is 1. The maximum absolute atomic E-state index is 6.12. The molecule has 31 heavy (non-hydrogen) atoms. The van der Waals surface area contributed by atoms with Crippen LogP contribution >= 0.6 is 0 Å². The van der Waals surface area contributed by atoms with E-state index >= 15 is 0 Å². The number of piperidine rings is 1. The van der Waals surface area contributed by atoms with Crippen LogP contribution in [0, 0.1) is 6.92 Å². The van der Waals surface area contributed by atoms with Crippen LogP contribution in [0.4, 0.5) is 5.82 Å². The van der Waals surface area contributed by atoms with Crippen LogP contribution in [0.2, 0.25) is 0 Å². The number of rotatable bonds is 6. The first kappa shape index (κ1) is 22.9. The molecule has 0 aliphatic carbocycles. The summed E-state index contributed by atoms with van der Waals surface area (Å²) in [5, 5.41) is 7.02. The number of pyridine rings is 1. The molecule has 6 heteroatoms. The summed E-state index contributed by atoms with van der Waals surface area (Å²) < 4.78 is 6.12. The van der Waals surface area contributed by atoms with E-state index in [1.807, 2.05) is 31.2 Å². The molecule has 168 valence electrons. The summed E-state index contributed by atoms with van der Waals surface area (Å²) >= 11 is 0. The molecule has 6 nitrogen and oxygen atoms in total. The molecule has 0 saturated carbocycles. The van der Waals surface area contributed by atoms with Crippen molar-refractivity contribution in [1.29, 1.82) is 0 Å². The number of guanidine groups is 1. The van der Waals surface area contributed by atoms with E-state index in [-0.39, 0.29) is 5.60 Å². The summed E-state index contributed by atoms with van der Waals surface area (Å²) in [6, 6.07) is 14.8. The number of nitrogens with zero attached hydrogens (tertiary/aromatic N) is 3. The molecule has 2 heterocycles. The highest BCUT2D eigenvalue weighted by atomic mass is 16.5. The second kappa shape index (κ2) is 10.5. The van der Waals surface area contributed by atoms with Crippen molar-refractivity contribution >= 4 is 11.8 Å². The molecule has 0 amide bonds. The number of aryl methyl sites for hydroxylation is 1. The fourth-order valence-corrected chi connectivity index (χ4v) is 3.70. The zero-order chi connectivity index (χ0) is 22.3. The van der Waals surface area contributed by atoms with E-state index in [4.69, 9.17) is 9.73 Å². The summed E-state index contributed by atoms with van der Waals surface area (Å²) in [4.78, 5) is 11.9. The van der Waals surface area contributed by atoms with E-state index < -0.39 is 0 Å². The maximum Gasteiger partial charge on any atom is 0.191 e. The van der Waals surface area contributed by atoms with E-state index in [1.54, 1.807) is 0 Å². The molecule has 1 fully saturated rings. The molecule has 1 aliphatic heterocycles. The molecule has 0 spiro atoms. The lowest BCUT2D eigenvalue weighted by atomic mass is 10.1. The van der Waals surface area contributed by atoms with Crippen molar-refractivity contribution in [3.63, 3.8) is 0 Å². The van der Waals surface area contributed by atoms with E-state index in [0.717, 1.165) is 61.3 Å². The van der Waals surface area contributed by atoms with Gasteiger partial charge < -0.3 is 20.3 Å². The van der Waals surface area contributed by atoms with Gasteiger partial charge in [-0.25, -0.2) is 9.98 Å². The summed E-state index contributed by atoms with van der Waals surface area (Å²) in [6.07, 6.45) is 2.12. The molecule has 3 rings (SSSR count). The summed E-state index contributed by atoms with van der Waals surface area (Å²) in [5.41, 5.74) is 1.92. The molecule has 1 saturated heterocycles. The average Bonchev–Trinajstić information content (AvgIpc) is 2.72. The predicted octanol–water partition coefficient (Wildman–Crippen LogP) is 4.29. The van der Waals surface area contributed by atoms with Crippen LogP contribution in [0.5, 0.6) is 5.75 Å². The number of nitrogens with one attached hydrogen (secondary N) is 2. The van der Waals surface area contributed by atoms with Crippen LogP contribution in [-0.4, -0.2) is 42.2 Å². The number of aromatic nitrogens is 1. The Morgan fingerprint density at radius 1 is 1.13 bits per heavy atom. The van der Waals surface area contributed by atoms with Gasteiger partial charge in [0.25, 0.3) is 0 Å². The van der Waals surface area contributed by atoms with E-state index in [1.165, 1.54) is 0 Å². The lowest BCUT2D eigenvalue weighted by molar-refractivity contribution is 0.129. The molecule has 0 unspecified atom stereocenters. The van der Waals surface area contributed by atoms with Crippen molar-refractivity contribution in [1.82, 2.24) is 15.6 Å². The van der Waals surface area contributed by atoms with Crippen LogP contribution in [0.1, 0.15) is 51.8 Å². The highest BCUT2D eigenvalue weighted by Crippen LogP contribution is 2.24. The smallest absolute Gasteiger partial charge is 0.191 e. The van der Waals surface area contributed by atoms with Gasteiger partial charge in [-0.1, -0.05) is 24.3 Å². The van der Waals surface area contributed by atoms with Gasteiger partial charge in [-0.15, -0.1) is 0 Å². The molecule has 1 aromatic heterocycles. The number of benzene rings is 1. The zero-order valence-electron chi connectivity index (χ0n) is 19.6. The molecule has 1 aromatic carbocycles. The second-order valence-electron chi connectivity index (χ2n) is 9.06. The Morgan fingerprint density at radius 2 is 1.87 bits per heavy atom. The third-order valence-electron chi connectivity index (χ3n) is 5.17. The Kier molecular flexibility index (Phi) is 7.77. The minimum Gasteiger partial charge on any atom is -0.488 e. The molecular weight excluding hydrogens is 386 g/mol. The number of ether oxygens (including phenoxy) is 1. The molecular formula is C25H37N5O. The maximum atomic E-state index is 6.12. The zero-order valence-corrected chi connectivity index (χ0v) is 19.6. The normalized spacial score (nSPS) is 15.6. The van der Waals surface area contributed by atoms with Gasteiger partial charge in [0.15, 0.2) is 5.96 Å². The number of hydrogen-bond donors (Lipinski definition) is 2. The predicted molar refractivity (Wildman–Crippen MR) is 129 cm³/mol. The van der Waals surface area contributed by atoms with Gasteiger partial charge in [-0.3, -0.25) is 0 Å². The van der Waals surface area contributed by atoms with Crippen molar-refractivity contribution in [2.45, 2.75) is 65.6 Å². The Morgan fingerprint density at radius 3 is 2.55 bits per heavy atom. The first-order chi connectivity index (χ1) is 14.8. The van der Waals surface area contributed by atoms with Gasteiger partial charge in [0.2, 0.25) is 0 Å². The molecule has 2 N–H and O–H groups in total. The average molecular weight is 424 g/mol. The Bertz CT molecular complexity index is 866. The number of hydrogen-bond acceptors (Lipinski definition) is 4. The lowest BCUT2D eigenvalue weighted by Gasteiger charge is -2.34. The molecule has 0 bridgehead atoms. The van der Waals surface area contributed by atoms with Crippen molar-refractivity contribution in [3.8, 4) is 5.75 Å². The third kappa shape index (κ3) is 7.16. The minimum atomic E-state index is -0.233. The van der Waals surface area contributed by atoms with Crippen molar-refractivity contribution in [2.75, 3.05) is 24.5 Å². The van der Waals surface area contributed by atoms with Gasteiger partial charge in [0.05, 0.1) is 6.54 Å². The quantitative estimate of drug-likeness (QED) is 0.536. The third-order valence-corrected chi connectivity index (χ3v) is 5.17. The SMILES string of the molecule is CCNC(=NCc1ccccc1OC(C)(C)C)NC1CCN(c2cccc(C)n2)CC1. The molecule has 1 aliphatic rings. The second-order valence-corrected chi connectivity index (χ2v) is 9.06. The fourth-order valence-electron chi connectivity index (χ4n) is 3.70. The molecule has 0 radical (unpaired) electrons. The lowest BCUT2D eigenvalue weighted by Crippen LogP contribution is -2.48. The van der Waals surface area contributed by atoms with Gasteiger partial charge in [-0.2, -0.15) is 0 Å². The van der Waals surface area contributed by atoms with Crippen molar-refractivity contribution in [3.05, 3.63) is 53.7 Å². The standard InChI is InChI=1S/C25H37N5O/c1-6-26-24(27-18-20-11-7-8-12-22(20)31-25(3,4)5)29-21-14-16-30(17-15-21)23-13-9-10-19(2)28-23/h7-13,21H,6,14-18H2,1-5H3,(H2,26,27,29). The molecule has 0 atom stereocenters. The Balaban J connectivity index is 1.60. The highest BCUT2D eigenvalue weighted by Gasteiger charge is 2.21. The van der Waals surface area contributed by atoms with Crippen LogP contribution in [-0.2, 0) is 6.54 Å². The minimum absolute atomic E-state index is 0.233. The van der Waals surface area contributed by atoms with Gasteiger partial charge >= 0.3 is 0 Å². The van der Waals surface area contributed by atoms with Crippen LogP contribution in [0.3, 0.4) is 0 Å². The van der Waals surface area contributed by atoms with Crippen LogP contribution < -0.4 is 20.3 Å². The first-order valence-electron chi connectivity index (χ1n) is 11.3. The number of para-hydroxylation sites is 1. The topological polar surface area (TPSA) is 61.8 Å². The van der Waals surface area contributed by atoms with Crippen LogP contribution in [0.15, 0.2) is 47.5 Å². The van der Waals surface area contributed by atoms with Crippen LogP contribution in [0.25, 0.3) is 0 Å². The van der Waals surface area contributed by atoms with Crippen molar-refractivity contribution < 1.29 is 4.74 Å². The monoisotopic (exact) mass is 423 g/mol. The summed E-state index contributed by atoms with van der Waals surface area (Å²) in [7, 11) is 0. The first-order valence-corrected chi connectivity index (χ1v) is 11.3. The number of aliphatic imine (C=N–C) groups is 1. The van der Waals surface area contributed by atoms with E-state index in [9.17, 15) is 0 Å².